The fourth-order valence-electron chi connectivity index (χ4n) is 3.58. The molecule has 1 amide bonds. The number of aryl methyl sites for hydroxylation is 1. The summed E-state index contributed by atoms with van der Waals surface area (Å²) in [7, 11) is 0. The molecule has 2 atom stereocenters. The molecular weight excluding hydrogens is 356 g/mol. The Morgan fingerprint density at radius 1 is 1.43 bits per heavy atom. The molecule has 1 aromatic rings. The first-order chi connectivity index (χ1) is 10.0. The van der Waals surface area contributed by atoms with Gasteiger partial charge in [0.1, 0.15) is 0 Å². The van der Waals surface area contributed by atoms with Crippen LogP contribution in [0.4, 0.5) is 4.79 Å². The van der Waals surface area contributed by atoms with Crippen LogP contribution in [0.2, 0.25) is 5.02 Å². The van der Waals surface area contributed by atoms with Crippen molar-refractivity contribution in [3.63, 3.8) is 0 Å². The van der Waals surface area contributed by atoms with E-state index >= 15 is 0 Å². The van der Waals surface area contributed by atoms with Crippen LogP contribution < -0.4 is 5.32 Å². The highest BCUT2D eigenvalue weighted by Gasteiger charge is 2.33. The van der Waals surface area contributed by atoms with Crippen molar-refractivity contribution in [1.82, 2.24) is 10.2 Å². The Morgan fingerprint density at radius 2 is 2.24 bits per heavy atom. The van der Waals surface area contributed by atoms with Crippen LogP contribution in [0.15, 0.2) is 16.6 Å². The Kier molecular flexibility index (Phi) is 4.43. The first kappa shape index (κ1) is 15.1. The van der Waals surface area contributed by atoms with Gasteiger partial charge in [0.05, 0.1) is 0 Å². The number of benzene rings is 1. The molecule has 1 aromatic carbocycles. The predicted octanol–water partition coefficient (Wildman–Crippen LogP) is 3.82. The summed E-state index contributed by atoms with van der Waals surface area (Å²) in [5.41, 5.74) is 2.65. The lowest BCUT2D eigenvalue weighted by molar-refractivity contribution is 0.185. The van der Waals surface area contributed by atoms with E-state index in [9.17, 15) is 4.79 Å². The number of amides is 1. The first-order valence-electron chi connectivity index (χ1n) is 7.26. The minimum Gasteiger partial charge on any atom is -0.465 e. The number of rotatable bonds is 2. The molecule has 114 valence electrons. The highest BCUT2D eigenvalue weighted by atomic mass is 79.9. The molecule has 1 aliphatic heterocycles. The molecule has 1 unspecified atom stereocenters. The highest BCUT2D eigenvalue weighted by Crippen LogP contribution is 2.41. The van der Waals surface area contributed by atoms with Gasteiger partial charge < -0.3 is 10.4 Å². The number of carboxylic acid groups (broad SMARTS) is 1. The fourth-order valence-corrected chi connectivity index (χ4v) is 4.71. The Balaban J connectivity index is 1.81. The summed E-state index contributed by atoms with van der Waals surface area (Å²) >= 11 is 9.81. The molecule has 1 heterocycles. The van der Waals surface area contributed by atoms with Crippen LogP contribution in [-0.4, -0.2) is 35.2 Å². The number of hydrogen-bond donors (Lipinski definition) is 2. The maximum atomic E-state index is 10.8. The van der Waals surface area contributed by atoms with Gasteiger partial charge in [-0.05, 0) is 48.9 Å². The Labute approximate surface area is 137 Å². The Hall–Kier alpha value is -0.780. The standard InChI is InChI=1S/C15H18BrClN2O2/c16-12-7-10(17)6-9-2-1-3-13(14(9)12)19-5-4-11(8-19)18-15(20)21/h6-7,11,13,18H,1-5,8H2,(H,20,21)/t11?,13-/m0/s1. The molecule has 3 rings (SSSR count). The molecule has 1 fully saturated rings. The lowest BCUT2D eigenvalue weighted by Crippen LogP contribution is -2.37. The Bertz CT molecular complexity index is 567. The van der Waals surface area contributed by atoms with E-state index in [-0.39, 0.29) is 6.04 Å². The predicted molar refractivity (Wildman–Crippen MR) is 86.0 cm³/mol. The van der Waals surface area contributed by atoms with Gasteiger partial charge >= 0.3 is 6.09 Å². The largest absolute Gasteiger partial charge is 0.465 e. The third kappa shape index (κ3) is 3.20. The maximum Gasteiger partial charge on any atom is 0.404 e. The van der Waals surface area contributed by atoms with Gasteiger partial charge in [0, 0.05) is 34.7 Å². The van der Waals surface area contributed by atoms with E-state index in [0.717, 1.165) is 48.3 Å². The van der Waals surface area contributed by atoms with Gasteiger partial charge in [-0.3, -0.25) is 4.90 Å². The monoisotopic (exact) mass is 372 g/mol. The van der Waals surface area contributed by atoms with E-state index in [0.29, 0.717) is 6.04 Å². The van der Waals surface area contributed by atoms with Crippen LogP contribution in [0.5, 0.6) is 0 Å². The van der Waals surface area contributed by atoms with Crippen LogP contribution in [0, 0.1) is 0 Å². The lowest BCUT2D eigenvalue weighted by atomic mass is 9.87. The molecule has 0 radical (unpaired) electrons. The zero-order valence-electron chi connectivity index (χ0n) is 11.6. The van der Waals surface area contributed by atoms with E-state index in [2.05, 4.69) is 32.2 Å². The summed E-state index contributed by atoms with van der Waals surface area (Å²) in [5.74, 6) is 0. The highest BCUT2D eigenvalue weighted by molar-refractivity contribution is 9.10. The first-order valence-corrected chi connectivity index (χ1v) is 8.43. The van der Waals surface area contributed by atoms with E-state index in [1.807, 2.05) is 6.07 Å². The Morgan fingerprint density at radius 3 is 3.00 bits per heavy atom. The van der Waals surface area contributed by atoms with Crippen LogP contribution in [0.25, 0.3) is 0 Å². The molecular formula is C15H18BrClN2O2. The summed E-state index contributed by atoms with van der Waals surface area (Å²) in [4.78, 5) is 13.2. The molecule has 1 aliphatic carbocycles. The molecule has 2 N–H and O–H groups in total. The number of nitrogens with zero attached hydrogens (tertiary/aromatic N) is 1. The minimum absolute atomic E-state index is 0.0407. The number of carbonyl (C=O) groups is 1. The number of hydrogen-bond acceptors (Lipinski definition) is 2. The van der Waals surface area contributed by atoms with Crippen LogP contribution in [0.3, 0.4) is 0 Å². The second kappa shape index (κ2) is 6.15. The topological polar surface area (TPSA) is 52.6 Å². The zero-order chi connectivity index (χ0) is 15.0. The van der Waals surface area contributed by atoms with Crippen molar-refractivity contribution in [2.45, 2.75) is 37.8 Å². The average Bonchev–Trinajstić information content (AvgIpc) is 2.85. The van der Waals surface area contributed by atoms with Crippen LogP contribution in [-0.2, 0) is 6.42 Å². The van der Waals surface area contributed by atoms with E-state index in [4.69, 9.17) is 16.7 Å². The number of nitrogens with one attached hydrogen (secondary N) is 1. The van der Waals surface area contributed by atoms with Crippen molar-refractivity contribution in [3.05, 3.63) is 32.8 Å². The van der Waals surface area contributed by atoms with Crippen LogP contribution >= 0.6 is 27.5 Å². The molecule has 0 aromatic heterocycles. The van der Waals surface area contributed by atoms with Crippen molar-refractivity contribution in [2.75, 3.05) is 13.1 Å². The normalized spacial score (nSPS) is 25.6. The second-order valence-electron chi connectivity index (χ2n) is 5.80. The van der Waals surface area contributed by atoms with Gasteiger partial charge in [-0.2, -0.15) is 0 Å². The molecule has 0 spiro atoms. The van der Waals surface area contributed by atoms with Crippen molar-refractivity contribution >= 4 is 33.6 Å². The van der Waals surface area contributed by atoms with Gasteiger partial charge in [-0.25, -0.2) is 4.79 Å². The molecule has 0 bridgehead atoms. The maximum absolute atomic E-state index is 10.8. The van der Waals surface area contributed by atoms with Crippen molar-refractivity contribution in [1.29, 1.82) is 0 Å². The SMILES string of the molecule is O=C(O)NC1CCN([C@H]2CCCc3cc(Cl)cc(Br)c32)C1. The van der Waals surface area contributed by atoms with E-state index in [1.54, 1.807) is 0 Å². The van der Waals surface area contributed by atoms with E-state index in [1.165, 1.54) is 11.1 Å². The van der Waals surface area contributed by atoms with Gasteiger partial charge in [-0.15, -0.1) is 0 Å². The molecule has 0 saturated carbocycles. The molecule has 21 heavy (non-hydrogen) atoms. The van der Waals surface area contributed by atoms with Crippen molar-refractivity contribution in [2.24, 2.45) is 0 Å². The molecule has 2 aliphatic rings. The second-order valence-corrected chi connectivity index (χ2v) is 7.09. The molecule has 6 heteroatoms. The van der Waals surface area contributed by atoms with Gasteiger partial charge in [0.25, 0.3) is 0 Å². The van der Waals surface area contributed by atoms with Crippen molar-refractivity contribution in [3.8, 4) is 0 Å². The minimum atomic E-state index is -0.932. The summed E-state index contributed by atoms with van der Waals surface area (Å²) in [6.45, 7) is 1.72. The average molecular weight is 374 g/mol. The van der Waals surface area contributed by atoms with Gasteiger partial charge in [0.15, 0.2) is 0 Å². The van der Waals surface area contributed by atoms with Crippen molar-refractivity contribution < 1.29 is 9.90 Å². The third-order valence-electron chi connectivity index (χ3n) is 4.42. The summed E-state index contributed by atoms with van der Waals surface area (Å²) < 4.78 is 1.07. The summed E-state index contributed by atoms with van der Waals surface area (Å²) in [5, 5.41) is 12.2. The fraction of sp³-hybridized carbons (Fsp3) is 0.533. The van der Waals surface area contributed by atoms with Gasteiger partial charge in [-0.1, -0.05) is 27.5 Å². The number of halogens is 2. The lowest BCUT2D eigenvalue weighted by Gasteiger charge is -2.34. The van der Waals surface area contributed by atoms with E-state index < -0.39 is 6.09 Å². The summed E-state index contributed by atoms with van der Waals surface area (Å²) in [6.07, 6.45) is 3.28. The number of likely N-dealkylation sites (tertiary alicyclic amines) is 1. The smallest absolute Gasteiger partial charge is 0.404 e. The zero-order valence-corrected chi connectivity index (χ0v) is 14.0. The molecule has 1 saturated heterocycles. The molecule has 4 nitrogen and oxygen atoms in total. The van der Waals surface area contributed by atoms with Gasteiger partial charge in [0.2, 0.25) is 0 Å². The summed E-state index contributed by atoms with van der Waals surface area (Å²) in [6, 6.07) is 4.43. The third-order valence-corrected chi connectivity index (χ3v) is 5.30. The number of fused-ring (bicyclic) bond motifs is 1. The quantitative estimate of drug-likeness (QED) is 0.828. The van der Waals surface area contributed by atoms with Crippen LogP contribution in [0.1, 0.15) is 36.4 Å².